The van der Waals surface area contributed by atoms with E-state index in [0.717, 1.165) is 6.42 Å². The highest BCUT2D eigenvalue weighted by Crippen LogP contribution is 2.50. The molecule has 0 aromatic carbocycles. The van der Waals surface area contributed by atoms with Crippen LogP contribution in [0.25, 0.3) is 0 Å². The zero-order valence-electron chi connectivity index (χ0n) is 12.1. The summed E-state index contributed by atoms with van der Waals surface area (Å²) in [5.74, 6) is -0.392. The number of hydrogen-bond acceptors (Lipinski definition) is 4. The van der Waals surface area contributed by atoms with Crippen LogP contribution in [0.4, 0.5) is 0 Å². The van der Waals surface area contributed by atoms with E-state index in [-0.39, 0.29) is 36.0 Å². The molecule has 2 heterocycles. The van der Waals surface area contributed by atoms with E-state index in [4.69, 9.17) is 0 Å². The van der Waals surface area contributed by atoms with E-state index in [0.29, 0.717) is 6.54 Å². The molecule has 0 spiro atoms. The van der Waals surface area contributed by atoms with Crippen LogP contribution in [-0.4, -0.2) is 35.2 Å². The lowest BCUT2D eigenvalue weighted by atomic mass is 10.1. The number of nitrogens with one attached hydrogen (secondary N) is 1. The molecule has 1 aromatic rings. The molecule has 6 heteroatoms. The molecule has 5 nitrogen and oxygen atoms in total. The third-order valence-electron chi connectivity index (χ3n) is 4.18. The van der Waals surface area contributed by atoms with Gasteiger partial charge in [0, 0.05) is 28.1 Å². The summed E-state index contributed by atoms with van der Waals surface area (Å²) in [6.07, 6.45) is 0.936. The Bertz CT molecular complexity index is 610. The van der Waals surface area contributed by atoms with Crippen molar-refractivity contribution < 1.29 is 14.4 Å². The quantitative estimate of drug-likeness (QED) is 0.856. The Labute approximate surface area is 127 Å². The molecule has 0 radical (unpaired) electrons. The van der Waals surface area contributed by atoms with Gasteiger partial charge in [-0.2, -0.15) is 0 Å². The predicted molar refractivity (Wildman–Crippen MR) is 78.8 cm³/mol. The van der Waals surface area contributed by atoms with Crippen molar-refractivity contribution in [1.82, 2.24) is 10.2 Å². The number of carbonyl (C=O) groups excluding carboxylic acids is 3. The first-order chi connectivity index (χ1) is 10.0. The molecule has 1 aromatic heterocycles. The van der Waals surface area contributed by atoms with Gasteiger partial charge in [-0.1, -0.05) is 0 Å². The van der Waals surface area contributed by atoms with Crippen molar-refractivity contribution in [2.75, 3.05) is 6.54 Å². The molecule has 0 bridgehead atoms. The number of likely N-dealkylation sites (N-methyl/N-ethyl adjacent to an activating group) is 1. The summed E-state index contributed by atoms with van der Waals surface area (Å²) in [6.45, 7) is 4.36. The van der Waals surface area contributed by atoms with Gasteiger partial charge in [0.05, 0.1) is 6.42 Å². The Hall–Kier alpha value is -1.69. The maximum atomic E-state index is 12.6. The van der Waals surface area contributed by atoms with E-state index in [9.17, 15) is 14.4 Å². The van der Waals surface area contributed by atoms with Crippen molar-refractivity contribution in [2.24, 2.45) is 5.92 Å². The molecule has 1 N–H and O–H groups in total. The van der Waals surface area contributed by atoms with E-state index in [1.54, 1.807) is 16.2 Å². The van der Waals surface area contributed by atoms with Crippen LogP contribution < -0.4 is 5.32 Å². The monoisotopic (exact) mass is 306 g/mol. The molecule has 2 fully saturated rings. The second-order valence-electron chi connectivity index (χ2n) is 5.65. The average Bonchev–Trinajstić information content (AvgIpc) is 3.02. The summed E-state index contributed by atoms with van der Waals surface area (Å²) in [6, 6.07) is 3.53. The van der Waals surface area contributed by atoms with Crippen LogP contribution in [-0.2, 0) is 14.4 Å². The maximum Gasteiger partial charge on any atom is 0.249 e. The van der Waals surface area contributed by atoms with E-state index in [1.165, 1.54) is 9.75 Å². The Balaban J connectivity index is 1.70. The number of carbonyl (C=O) groups is 3. The lowest BCUT2D eigenvalue weighted by molar-refractivity contribution is -0.139. The van der Waals surface area contributed by atoms with E-state index < -0.39 is 6.04 Å². The lowest BCUT2D eigenvalue weighted by Crippen LogP contribution is -2.45. The number of nitrogens with zero attached hydrogens (tertiary/aromatic N) is 1. The van der Waals surface area contributed by atoms with Gasteiger partial charge in [0.1, 0.15) is 6.04 Å². The third-order valence-corrected chi connectivity index (χ3v) is 5.31. The summed E-state index contributed by atoms with van der Waals surface area (Å²) in [7, 11) is 0. The second kappa shape index (κ2) is 5.26. The zero-order valence-corrected chi connectivity index (χ0v) is 12.9. The highest BCUT2D eigenvalue weighted by atomic mass is 32.1. The number of aryl methyl sites for hydroxylation is 1. The van der Waals surface area contributed by atoms with Crippen LogP contribution in [0.5, 0.6) is 0 Å². The van der Waals surface area contributed by atoms with Crippen LogP contribution >= 0.6 is 11.3 Å². The summed E-state index contributed by atoms with van der Waals surface area (Å²) in [5.41, 5.74) is 0. The number of imide groups is 1. The van der Waals surface area contributed by atoms with Gasteiger partial charge in [0.25, 0.3) is 0 Å². The minimum Gasteiger partial charge on any atom is -0.330 e. The Morgan fingerprint density at radius 3 is 2.71 bits per heavy atom. The second-order valence-corrected chi connectivity index (χ2v) is 6.97. The fourth-order valence-electron chi connectivity index (χ4n) is 2.97. The van der Waals surface area contributed by atoms with Crippen LogP contribution in [0.1, 0.15) is 35.4 Å². The molecule has 3 amide bonds. The van der Waals surface area contributed by atoms with Gasteiger partial charge in [0.2, 0.25) is 17.7 Å². The first-order valence-electron chi connectivity index (χ1n) is 7.21. The molecule has 0 unspecified atom stereocenters. The lowest BCUT2D eigenvalue weighted by Gasteiger charge is -2.25. The fourth-order valence-corrected chi connectivity index (χ4v) is 4.03. The van der Waals surface area contributed by atoms with Gasteiger partial charge < -0.3 is 4.90 Å². The smallest absolute Gasteiger partial charge is 0.249 e. The first kappa shape index (κ1) is 14.3. The van der Waals surface area contributed by atoms with Gasteiger partial charge >= 0.3 is 0 Å². The molecule has 21 heavy (non-hydrogen) atoms. The van der Waals surface area contributed by atoms with Crippen LogP contribution in [0.2, 0.25) is 0 Å². The van der Waals surface area contributed by atoms with Gasteiger partial charge in [-0.25, -0.2) is 0 Å². The maximum absolute atomic E-state index is 12.6. The van der Waals surface area contributed by atoms with Gasteiger partial charge in [-0.15, -0.1) is 11.3 Å². The molecular weight excluding hydrogens is 288 g/mol. The van der Waals surface area contributed by atoms with Gasteiger partial charge in [0.15, 0.2) is 0 Å². The minimum absolute atomic E-state index is 0.00315. The van der Waals surface area contributed by atoms with E-state index in [2.05, 4.69) is 24.4 Å². The normalized spacial score (nSPS) is 27.6. The predicted octanol–water partition coefficient (Wildman–Crippen LogP) is 1.42. The molecule has 1 saturated carbocycles. The SMILES string of the molecule is CCN(C(=O)[C@@H]1C[C@@H]1c1ccc(C)s1)[C@H]1CC(=O)NC1=O. The topological polar surface area (TPSA) is 66.5 Å². The number of amides is 3. The van der Waals surface area contributed by atoms with Gasteiger partial charge in [-0.3, -0.25) is 19.7 Å². The summed E-state index contributed by atoms with van der Waals surface area (Å²) in [4.78, 5) is 39.7. The van der Waals surface area contributed by atoms with E-state index >= 15 is 0 Å². The summed E-state index contributed by atoms with van der Waals surface area (Å²) in [5, 5.41) is 2.27. The summed E-state index contributed by atoms with van der Waals surface area (Å²) < 4.78 is 0. The zero-order chi connectivity index (χ0) is 15.1. The molecule has 2 aliphatic rings. The Morgan fingerprint density at radius 1 is 1.43 bits per heavy atom. The van der Waals surface area contributed by atoms with Crippen molar-refractivity contribution in [3.05, 3.63) is 21.9 Å². The number of rotatable bonds is 4. The molecule has 1 aliphatic carbocycles. The molecule has 1 saturated heterocycles. The number of thiophene rings is 1. The highest BCUT2D eigenvalue weighted by molar-refractivity contribution is 7.12. The van der Waals surface area contributed by atoms with Crippen molar-refractivity contribution in [1.29, 1.82) is 0 Å². The van der Waals surface area contributed by atoms with Gasteiger partial charge in [-0.05, 0) is 32.4 Å². The van der Waals surface area contributed by atoms with Crippen LogP contribution in [0.3, 0.4) is 0 Å². The van der Waals surface area contributed by atoms with Crippen LogP contribution in [0.15, 0.2) is 12.1 Å². The fraction of sp³-hybridized carbons (Fsp3) is 0.533. The molecule has 3 atom stereocenters. The van der Waals surface area contributed by atoms with E-state index in [1.807, 2.05) is 6.92 Å². The first-order valence-corrected chi connectivity index (χ1v) is 8.03. The molecule has 112 valence electrons. The molecular formula is C15H18N2O3S. The Morgan fingerprint density at radius 2 is 2.19 bits per heavy atom. The summed E-state index contributed by atoms with van der Waals surface area (Å²) >= 11 is 1.73. The van der Waals surface area contributed by atoms with Crippen LogP contribution in [0, 0.1) is 12.8 Å². The Kier molecular flexibility index (Phi) is 3.57. The minimum atomic E-state index is -0.624. The van der Waals surface area contributed by atoms with Crippen molar-refractivity contribution in [3.63, 3.8) is 0 Å². The van der Waals surface area contributed by atoms with Crippen molar-refractivity contribution in [2.45, 2.75) is 38.6 Å². The standard InChI is InChI=1S/C15H18N2O3S/c1-3-17(11-7-13(18)16-14(11)19)15(20)10-6-9(10)12-5-4-8(2)21-12/h4-5,9-11H,3,6-7H2,1-2H3,(H,16,18,19)/t9-,10+,11-/m0/s1. The largest absolute Gasteiger partial charge is 0.330 e. The molecule has 3 rings (SSSR count). The number of hydrogen-bond donors (Lipinski definition) is 1. The van der Waals surface area contributed by atoms with Crippen molar-refractivity contribution in [3.8, 4) is 0 Å². The average molecular weight is 306 g/mol. The highest BCUT2D eigenvalue weighted by Gasteiger charge is 2.49. The third kappa shape index (κ3) is 2.60. The molecule has 1 aliphatic heterocycles. The van der Waals surface area contributed by atoms with Crippen molar-refractivity contribution >= 4 is 29.1 Å².